The van der Waals surface area contributed by atoms with Crippen LogP contribution >= 0.6 is 0 Å². The Labute approximate surface area is 118 Å². The highest BCUT2D eigenvalue weighted by Crippen LogP contribution is 2.39. The number of anilines is 1. The molecule has 0 aliphatic heterocycles. The fourth-order valence-electron chi connectivity index (χ4n) is 2.06. The molecule has 5 nitrogen and oxygen atoms in total. The number of hydrogen-bond acceptors (Lipinski definition) is 5. The Morgan fingerprint density at radius 3 is 2.75 bits per heavy atom. The zero-order chi connectivity index (χ0) is 13.9. The van der Waals surface area contributed by atoms with Crippen LogP contribution in [0.4, 0.5) is 5.82 Å². The van der Waals surface area contributed by atoms with Gasteiger partial charge in [-0.15, -0.1) is 0 Å². The number of pyridine rings is 1. The van der Waals surface area contributed by atoms with Gasteiger partial charge < -0.3 is 10.1 Å². The lowest BCUT2D eigenvalue weighted by Gasteiger charge is -2.09. The van der Waals surface area contributed by atoms with Crippen LogP contribution in [0.1, 0.15) is 31.5 Å². The summed E-state index contributed by atoms with van der Waals surface area (Å²) in [6, 6.07) is 5.79. The molecule has 0 bridgehead atoms. The van der Waals surface area contributed by atoms with Gasteiger partial charge in [0.2, 0.25) is 5.88 Å². The summed E-state index contributed by atoms with van der Waals surface area (Å²) in [5, 5.41) is 3.27. The molecule has 0 radical (unpaired) electrons. The van der Waals surface area contributed by atoms with Crippen molar-refractivity contribution in [1.82, 2.24) is 15.0 Å². The monoisotopic (exact) mass is 270 g/mol. The van der Waals surface area contributed by atoms with Gasteiger partial charge in [-0.3, -0.25) is 0 Å². The van der Waals surface area contributed by atoms with Gasteiger partial charge in [0.25, 0.3) is 0 Å². The molecule has 104 valence electrons. The summed E-state index contributed by atoms with van der Waals surface area (Å²) in [4.78, 5) is 13.5. The fourth-order valence-corrected chi connectivity index (χ4v) is 2.06. The third-order valence-electron chi connectivity index (χ3n) is 3.29. The van der Waals surface area contributed by atoms with E-state index in [1.807, 2.05) is 18.2 Å². The Hall–Kier alpha value is -2.17. The van der Waals surface area contributed by atoms with Crippen LogP contribution < -0.4 is 10.1 Å². The Balaban J connectivity index is 1.97. The molecule has 0 spiro atoms. The quantitative estimate of drug-likeness (QED) is 0.905. The zero-order valence-electron chi connectivity index (χ0n) is 11.8. The molecule has 2 heterocycles. The van der Waals surface area contributed by atoms with Crippen LogP contribution in [0, 0.1) is 0 Å². The molecule has 3 rings (SSSR count). The van der Waals surface area contributed by atoms with E-state index in [4.69, 9.17) is 4.74 Å². The van der Waals surface area contributed by atoms with Gasteiger partial charge in [-0.2, -0.15) is 0 Å². The summed E-state index contributed by atoms with van der Waals surface area (Å²) in [5.74, 6) is 2.96. The van der Waals surface area contributed by atoms with Crippen molar-refractivity contribution in [2.24, 2.45) is 0 Å². The van der Waals surface area contributed by atoms with E-state index in [0.717, 1.165) is 29.4 Å². The summed E-state index contributed by atoms with van der Waals surface area (Å²) >= 11 is 0. The van der Waals surface area contributed by atoms with Crippen LogP contribution in [-0.4, -0.2) is 28.6 Å². The molecule has 0 unspecified atom stereocenters. The average Bonchev–Trinajstić information content (AvgIpc) is 3.32. The summed E-state index contributed by atoms with van der Waals surface area (Å²) in [7, 11) is 1.61. The highest BCUT2D eigenvalue weighted by atomic mass is 16.5. The van der Waals surface area contributed by atoms with E-state index in [-0.39, 0.29) is 0 Å². The SMILES string of the molecule is CCNc1cc(-c2ccc(OC)nc2)nc(C2CC2)n1. The van der Waals surface area contributed by atoms with E-state index >= 15 is 0 Å². The average molecular weight is 270 g/mol. The van der Waals surface area contributed by atoms with Crippen LogP contribution in [0.5, 0.6) is 5.88 Å². The molecular formula is C15H18N4O. The molecule has 1 fully saturated rings. The lowest BCUT2D eigenvalue weighted by molar-refractivity contribution is 0.398. The minimum atomic E-state index is 0.526. The maximum absolute atomic E-state index is 5.08. The predicted octanol–water partition coefficient (Wildman–Crippen LogP) is 2.86. The number of ether oxygens (including phenoxy) is 1. The summed E-state index contributed by atoms with van der Waals surface area (Å²) < 4.78 is 5.08. The van der Waals surface area contributed by atoms with Crippen molar-refractivity contribution in [2.45, 2.75) is 25.7 Å². The highest BCUT2D eigenvalue weighted by molar-refractivity contribution is 5.62. The van der Waals surface area contributed by atoms with Gasteiger partial charge >= 0.3 is 0 Å². The molecular weight excluding hydrogens is 252 g/mol. The van der Waals surface area contributed by atoms with Crippen LogP contribution in [0.15, 0.2) is 24.4 Å². The van der Waals surface area contributed by atoms with Crippen LogP contribution in [0.2, 0.25) is 0 Å². The van der Waals surface area contributed by atoms with Gasteiger partial charge in [0, 0.05) is 36.4 Å². The molecule has 5 heteroatoms. The first kappa shape index (κ1) is 12.8. The maximum atomic E-state index is 5.08. The third kappa shape index (κ3) is 2.71. The lowest BCUT2D eigenvalue weighted by atomic mass is 10.2. The molecule has 0 atom stereocenters. The molecule has 1 aliphatic carbocycles. The van der Waals surface area contributed by atoms with Crippen molar-refractivity contribution in [3.8, 4) is 17.1 Å². The van der Waals surface area contributed by atoms with Crippen molar-refractivity contribution in [1.29, 1.82) is 0 Å². The number of rotatable bonds is 5. The number of nitrogens with zero attached hydrogens (tertiary/aromatic N) is 3. The second-order valence-electron chi connectivity index (χ2n) is 4.89. The van der Waals surface area contributed by atoms with Crippen molar-refractivity contribution < 1.29 is 4.74 Å². The Morgan fingerprint density at radius 2 is 2.15 bits per heavy atom. The maximum Gasteiger partial charge on any atom is 0.212 e. The summed E-state index contributed by atoms with van der Waals surface area (Å²) in [6.45, 7) is 2.91. The molecule has 1 N–H and O–H groups in total. The van der Waals surface area contributed by atoms with Gasteiger partial charge in [0.05, 0.1) is 12.8 Å². The Morgan fingerprint density at radius 1 is 1.30 bits per heavy atom. The lowest BCUT2D eigenvalue weighted by Crippen LogP contribution is -2.04. The topological polar surface area (TPSA) is 59.9 Å². The number of methoxy groups -OCH3 is 1. The van der Waals surface area contributed by atoms with Crippen LogP contribution in [0.3, 0.4) is 0 Å². The predicted molar refractivity (Wildman–Crippen MR) is 78.0 cm³/mol. The van der Waals surface area contributed by atoms with Crippen molar-refractivity contribution in [3.63, 3.8) is 0 Å². The van der Waals surface area contributed by atoms with Crippen LogP contribution in [-0.2, 0) is 0 Å². The van der Waals surface area contributed by atoms with E-state index < -0.39 is 0 Å². The summed E-state index contributed by atoms with van der Waals surface area (Å²) in [5.41, 5.74) is 1.89. The smallest absolute Gasteiger partial charge is 0.212 e. The molecule has 2 aromatic heterocycles. The molecule has 2 aromatic rings. The number of aromatic nitrogens is 3. The van der Waals surface area contributed by atoms with Gasteiger partial charge in [0.15, 0.2) is 0 Å². The Kier molecular flexibility index (Phi) is 3.50. The molecule has 0 amide bonds. The van der Waals surface area contributed by atoms with Gasteiger partial charge in [-0.1, -0.05) is 0 Å². The third-order valence-corrected chi connectivity index (χ3v) is 3.29. The molecule has 0 saturated heterocycles. The first-order valence-corrected chi connectivity index (χ1v) is 6.93. The van der Waals surface area contributed by atoms with E-state index in [2.05, 4.69) is 27.2 Å². The second kappa shape index (κ2) is 5.45. The largest absolute Gasteiger partial charge is 0.481 e. The zero-order valence-corrected chi connectivity index (χ0v) is 11.8. The minimum absolute atomic E-state index is 0.526. The van der Waals surface area contributed by atoms with Gasteiger partial charge in [-0.25, -0.2) is 15.0 Å². The van der Waals surface area contributed by atoms with E-state index in [9.17, 15) is 0 Å². The fraction of sp³-hybridized carbons (Fsp3) is 0.400. The van der Waals surface area contributed by atoms with Gasteiger partial charge in [0.1, 0.15) is 11.6 Å². The van der Waals surface area contributed by atoms with Crippen molar-refractivity contribution >= 4 is 5.82 Å². The number of hydrogen-bond donors (Lipinski definition) is 1. The normalized spacial score (nSPS) is 14.1. The molecule has 1 aliphatic rings. The van der Waals surface area contributed by atoms with Crippen molar-refractivity contribution in [2.75, 3.05) is 19.0 Å². The standard InChI is InChI=1S/C15H18N4O/c1-3-16-13-8-12(18-15(19-13)10-4-5-10)11-6-7-14(20-2)17-9-11/h6-10H,3-5H2,1-2H3,(H,16,18,19). The van der Waals surface area contributed by atoms with E-state index in [0.29, 0.717) is 11.8 Å². The van der Waals surface area contributed by atoms with Crippen molar-refractivity contribution in [3.05, 3.63) is 30.2 Å². The van der Waals surface area contributed by atoms with Crippen LogP contribution in [0.25, 0.3) is 11.3 Å². The first-order chi connectivity index (χ1) is 9.80. The minimum Gasteiger partial charge on any atom is -0.481 e. The second-order valence-corrected chi connectivity index (χ2v) is 4.89. The molecule has 20 heavy (non-hydrogen) atoms. The number of nitrogens with one attached hydrogen (secondary N) is 1. The van der Waals surface area contributed by atoms with Gasteiger partial charge in [-0.05, 0) is 25.8 Å². The van der Waals surface area contributed by atoms with E-state index in [1.165, 1.54) is 12.8 Å². The molecule has 0 aromatic carbocycles. The van der Waals surface area contributed by atoms with E-state index in [1.54, 1.807) is 13.3 Å². The Bertz CT molecular complexity index is 593. The molecule has 1 saturated carbocycles. The summed E-state index contributed by atoms with van der Waals surface area (Å²) in [6.07, 6.45) is 4.17. The highest BCUT2D eigenvalue weighted by Gasteiger charge is 2.27. The first-order valence-electron chi connectivity index (χ1n) is 6.93.